The van der Waals surface area contributed by atoms with E-state index in [2.05, 4.69) is 20.3 Å². The van der Waals surface area contributed by atoms with Gasteiger partial charge in [-0.15, -0.1) is 11.3 Å². The summed E-state index contributed by atoms with van der Waals surface area (Å²) in [6.07, 6.45) is 6.03. The molecule has 3 aromatic rings. The van der Waals surface area contributed by atoms with Crippen LogP contribution in [0.15, 0.2) is 41.8 Å². The number of aryl methyl sites for hydroxylation is 1. The zero-order valence-corrected chi connectivity index (χ0v) is 18.8. The molecule has 1 atom stereocenters. The molecule has 160 valence electrons. The maximum Gasteiger partial charge on any atom is 0.233 e. The van der Waals surface area contributed by atoms with Gasteiger partial charge in [-0.25, -0.2) is 15.0 Å². The number of aromatic nitrogens is 3. The molecule has 1 saturated carbocycles. The van der Waals surface area contributed by atoms with Crippen molar-refractivity contribution in [2.24, 2.45) is 11.3 Å². The third-order valence-corrected chi connectivity index (χ3v) is 8.06. The molecule has 31 heavy (non-hydrogen) atoms. The molecule has 7 nitrogen and oxygen atoms in total. The number of hydrogen-bond donors (Lipinski definition) is 1. The van der Waals surface area contributed by atoms with Crippen LogP contribution < -0.4 is 5.32 Å². The van der Waals surface area contributed by atoms with Crippen LogP contribution in [-0.4, -0.2) is 50.5 Å². The van der Waals surface area contributed by atoms with Crippen molar-refractivity contribution in [3.05, 3.63) is 41.7 Å². The number of thioether (sulfide) groups is 1. The highest BCUT2D eigenvalue weighted by atomic mass is 32.2. The van der Waals surface area contributed by atoms with Gasteiger partial charge < -0.3 is 10.2 Å². The molecule has 1 spiro atoms. The first-order valence-corrected chi connectivity index (χ1v) is 12.2. The minimum absolute atomic E-state index is 0.0321. The highest BCUT2D eigenvalue weighted by Gasteiger charge is 2.58. The molecule has 3 heterocycles. The summed E-state index contributed by atoms with van der Waals surface area (Å²) >= 11 is 3.02. The predicted molar refractivity (Wildman–Crippen MR) is 122 cm³/mol. The fourth-order valence-corrected chi connectivity index (χ4v) is 5.91. The van der Waals surface area contributed by atoms with Gasteiger partial charge in [0, 0.05) is 37.1 Å². The minimum atomic E-state index is 0.0321. The average molecular weight is 454 g/mol. The van der Waals surface area contributed by atoms with Crippen molar-refractivity contribution in [3.63, 3.8) is 0 Å². The molecule has 1 aliphatic carbocycles. The third kappa shape index (κ3) is 4.29. The van der Waals surface area contributed by atoms with Gasteiger partial charge in [0.1, 0.15) is 0 Å². The van der Waals surface area contributed by atoms with Crippen molar-refractivity contribution in [1.29, 1.82) is 0 Å². The second-order valence-corrected chi connectivity index (χ2v) is 10.4. The first-order chi connectivity index (χ1) is 15.0. The standard InChI is InChI=1S/C22H23N5O2S2/c1-14-25-17-11-15(3-4-18(17)31-14)26-20(29)16-12-22(16)5-9-27(10-6-22)19(28)13-30-21-23-7-2-8-24-21/h2-4,7-8,11,16H,5-6,9-10,12-13H2,1H3,(H,26,29). The van der Waals surface area contributed by atoms with Crippen molar-refractivity contribution in [1.82, 2.24) is 19.9 Å². The fourth-order valence-electron chi connectivity index (χ4n) is 4.40. The van der Waals surface area contributed by atoms with Crippen molar-refractivity contribution in [2.75, 3.05) is 24.2 Å². The van der Waals surface area contributed by atoms with Gasteiger partial charge in [0.15, 0.2) is 5.16 Å². The third-order valence-electron chi connectivity index (χ3n) is 6.25. The van der Waals surface area contributed by atoms with E-state index in [0.29, 0.717) is 24.0 Å². The molecular weight excluding hydrogens is 430 g/mol. The van der Waals surface area contributed by atoms with E-state index in [0.717, 1.165) is 40.2 Å². The topological polar surface area (TPSA) is 88.1 Å². The van der Waals surface area contributed by atoms with E-state index in [1.54, 1.807) is 29.8 Å². The molecule has 2 aliphatic rings. The monoisotopic (exact) mass is 453 g/mol. The molecule has 1 aromatic carbocycles. The second-order valence-electron chi connectivity index (χ2n) is 8.22. The van der Waals surface area contributed by atoms with Crippen LogP contribution in [-0.2, 0) is 9.59 Å². The van der Waals surface area contributed by atoms with Crippen LogP contribution >= 0.6 is 23.1 Å². The first-order valence-electron chi connectivity index (χ1n) is 10.4. The molecule has 1 N–H and O–H groups in total. The molecule has 1 aliphatic heterocycles. The molecule has 1 unspecified atom stereocenters. The summed E-state index contributed by atoms with van der Waals surface area (Å²) in [5.74, 6) is 0.577. The van der Waals surface area contributed by atoms with Gasteiger partial charge in [-0.2, -0.15) is 0 Å². The van der Waals surface area contributed by atoms with Crippen LogP contribution in [0.3, 0.4) is 0 Å². The molecule has 1 saturated heterocycles. The Balaban J connectivity index is 1.12. The highest BCUT2D eigenvalue weighted by molar-refractivity contribution is 7.99. The quantitative estimate of drug-likeness (QED) is 0.468. The average Bonchev–Trinajstić information content (AvgIpc) is 3.34. The number of nitrogens with one attached hydrogen (secondary N) is 1. The smallest absolute Gasteiger partial charge is 0.233 e. The van der Waals surface area contributed by atoms with E-state index >= 15 is 0 Å². The zero-order chi connectivity index (χ0) is 21.4. The van der Waals surface area contributed by atoms with Gasteiger partial charge in [-0.3, -0.25) is 9.59 Å². The zero-order valence-electron chi connectivity index (χ0n) is 17.2. The largest absolute Gasteiger partial charge is 0.342 e. The number of piperidine rings is 1. The van der Waals surface area contributed by atoms with Gasteiger partial charge in [0.05, 0.1) is 21.0 Å². The van der Waals surface area contributed by atoms with Crippen LogP contribution in [0.1, 0.15) is 24.3 Å². The Morgan fingerprint density at radius 2 is 2.03 bits per heavy atom. The van der Waals surface area contributed by atoms with E-state index in [-0.39, 0.29) is 23.1 Å². The summed E-state index contributed by atoms with van der Waals surface area (Å²) in [6.45, 7) is 3.41. The summed E-state index contributed by atoms with van der Waals surface area (Å²) < 4.78 is 1.13. The minimum Gasteiger partial charge on any atom is -0.342 e. The van der Waals surface area contributed by atoms with Crippen LogP contribution in [0.25, 0.3) is 10.2 Å². The number of rotatable bonds is 5. The number of fused-ring (bicyclic) bond motifs is 1. The summed E-state index contributed by atoms with van der Waals surface area (Å²) in [6, 6.07) is 7.67. The van der Waals surface area contributed by atoms with Crippen molar-refractivity contribution >= 4 is 50.8 Å². The first kappa shape index (κ1) is 20.4. The molecule has 9 heteroatoms. The Labute approximate surface area is 188 Å². The molecule has 5 rings (SSSR count). The fraction of sp³-hybridized carbons (Fsp3) is 0.409. The summed E-state index contributed by atoms with van der Waals surface area (Å²) in [5.41, 5.74) is 1.78. The molecule has 0 bridgehead atoms. The Morgan fingerprint density at radius 3 is 2.81 bits per heavy atom. The number of thiazole rings is 1. The molecule has 2 amide bonds. The maximum atomic E-state index is 12.8. The number of carbonyl (C=O) groups is 2. The Hall–Kier alpha value is -2.52. The summed E-state index contributed by atoms with van der Waals surface area (Å²) in [5, 5.41) is 4.72. The van der Waals surface area contributed by atoms with E-state index in [1.807, 2.05) is 30.0 Å². The SMILES string of the molecule is Cc1nc2cc(NC(=O)C3CC34CCN(C(=O)CSc3ncccn3)CC4)ccc2s1. The molecular formula is C22H23N5O2S2. The van der Waals surface area contributed by atoms with E-state index in [4.69, 9.17) is 0 Å². The molecule has 0 radical (unpaired) electrons. The van der Waals surface area contributed by atoms with Crippen molar-refractivity contribution in [3.8, 4) is 0 Å². The summed E-state index contributed by atoms with van der Waals surface area (Å²) in [7, 11) is 0. The van der Waals surface area contributed by atoms with Crippen LogP contribution in [0.4, 0.5) is 5.69 Å². The lowest BCUT2D eigenvalue weighted by molar-refractivity contribution is -0.130. The number of amides is 2. The number of benzene rings is 1. The van der Waals surface area contributed by atoms with Crippen molar-refractivity contribution in [2.45, 2.75) is 31.3 Å². The van der Waals surface area contributed by atoms with Gasteiger partial charge in [-0.05, 0) is 55.9 Å². The number of anilines is 1. The van der Waals surface area contributed by atoms with Crippen LogP contribution in [0, 0.1) is 18.3 Å². The van der Waals surface area contributed by atoms with Gasteiger partial charge >= 0.3 is 0 Å². The molecule has 2 fully saturated rings. The normalized spacial score (nSPS) is 19.5. The lowest BCUT2D eigenvalue weighted by Gasteiger charge is -2.32. The Bertz CT molecular complexity index is 1130. The van der Waals surface area contributed by atoms with Gasteiger partial charge in [-0.1, -0.05) is 11.8 Å². The Kier molecular flexibility index (Phi) is 5.39. The highest BCUT2D eigenvalue weighted by Crippen LogP contribution is 2.59. The predicted octanol–water partition coefficient (Wildman–Crippen LogP) is 3.75. The second kappa shape index (κ2) is 8.20. The van der Waals surface area contributed by atoms with E-state index in [1.165, 1.54) is 11.8 Å². The number of nitrogens with zero attached hydrogens (tertiary/aromatic N) is 4. The van der Waals surface area contributed by atoms with Crippen LogP contribution in [0.2, 0.25) is 0 Å². The van der Waals surface area contributed by atoms with Gasteiger partial charge in [0.25, 0.3) is 0 Å². The maximum absolute atomic E-state index is 12.8. The van der Waals surface area contributed by atoms with Crippen molar-refractivity contribution < 1.29 is 9.59 Å². The van der Waals surface area contributed by atoms with Gasteiger partial charge in [0.2, 0.25) is 11.8 Å². The lowest BCUT2D eigenvalue weighted by Crippen LogP contribution is -2.41. The number of carbonyl (C=O) groups excluding carboxylic acids is 2. The van der Waals surface area contributed by atoms with E-state index in [9.17, 15) is 9.59 Å². The van der Waals surface area contributed by atoms with E-state index < -0.39 is 0 Å². The van der Waals surface area contributed by atoms with Crippen LogP contribution in [0.5, 0.6) is 0 Å². The number of likely N-dealkylation sites (tertiary alicyclic amines) is 1. The Morgan fingerprint density at radius 1 is 1.26 bits per heavy atom. The molecule has 2 aromatic heterocycles. The number of hydrogen-bond acceptors (Lipinski definition) is 7. The summed E-state index contributed by atoms with van der Waals surface area (Å²) in [4.78, 5) is 40.1. The lowest BCUT2D eigenvalue weighted by atomic mass is 9.90.